The normalized spacial score (nSPS) is 16.6. The SMILES string of the molecule is COC(=O)[C@@H]([C@@H](O)C(C)C)C(F)(F)F. The molecule has 14 heavy (non-hydrogen) atoms. The molecule has 0 spiro atoms. The fraction of sp³-hybridized carbons (Fsp3) is 0.875. The Labute approximate surface area is 79.9 Å². The van der Waals surface area contributed by atoms with Crippen LogP contribution in [0.15, 0.2) is 0 Å². The van der Waals surface area contributed by atoms with Crippen LogP contribution in [0.4, 0.5) is 13.2 Å². The number of ether oxygens (including phenoxy) is 1. The van der Waals surface area contributed by atoms with Crippen LogP contribution in [0.25, 0.3) is 0 Å². The molecule has 84 valence electrons. The number of hydrogen-bond donors (Lipinski definition) is 1. The van der Waals surface area contributed by atoms with E-state index in [0.717, 1.165) is 7.11 Å². The summed E-state index contributed by atoms with van der Waals surface area (Å²) in [7, 11) is 0.855. The Morgan fingerprint density at radius 1 is 1.36 bits per heavy atom. The van der Waals surface area contributed by atoms with E-state index in [9.17, 15) is 23.1 Å². The van der Waals surface area contributed by atoms with Crippen molar-refractivity contribution >= 4 is 5.97 Å². The van der Waals surface area contributed by atoms with Crippen LogP contribution in [0.2, 0.25) is 0 Å². The first-order valence-corrected chi connectivity index (χ1v) is 4.04. The molecule has 6 heteroatoms. The molecule has 0 aromatic carbocycles. The Morgan fingerprint density at radius 2 is 1.79 bits per heavy atom. The van der Waals surface area contributed by atoms with Crippen molar-refractivity contribution in [2.24, 2.45) is 11.8 Å². The van der Waals surface area contributed by atoms with Gasteiger partial charge in [0.25, 0.3) is 0 Å². The van der Waals surface area contributed by atoms with Gasteiger partial charge in [-0.3, -0.25) is 4.79 Å². The van der Waals surface area contributed by atoms with Crippen molar-refractivity contribution < 1.29 is 27.8 Å². The minimum Gasteiger partial charge on any atom is -0.468 e. The van der Waals surface area contributed by atoms with Gasteiger partial charge >= 0.3 is 12.1 Å². The van der Waals surface area contributed by atoms with Crippen molar-refractivity contribution in [2.45, 2.75) is 26.1 Å². The topological polar surface area (TPSA) is 46.5 Å². The summed E-state index contributed by atoms with van der Waals surface area (Å²) in [4.78, 5) is 10.8. The van der Waals surface area contributed by atoms with E-state index >= 15 is 0 Å². The number of hydrogen-bond acceptors (Lipinski definition) is 3. The first-order chi connectivity index (χ1) is 6.21. The molecular formula is C8H13F3O3. The monoisotopic (exact) mass is 214 g/mol. The van der Waals surface area contributed by atoms with E-state index in [-0.39, 0.29) is 0 Å². The average molecular weight is 214 g/mol. The number of rotatable bonds is 3. The zero-order valence-electron chi connectivity index (χ0n) is 8.13. The van der Waals surface area contributed by atoms with E-state index in [0.29, 0.717) is 0 Å². The molecule has 0 aliphatic rings. The predicted octanol–water partition coefficient (Wildman–Crippen LogP) is 1.35. The van der Waals surface area contributed by atoms with Gasteiger partial charge in [-0.2, -0.15) is 13.2 Å². The minimum absolute atomic E-state index is 0.666. The molecular weight excluding hydrogens is 201 g/mol. The van der Waals surface area contributed by atoms with Gasteiger partial charge in [0.15, 0.2) is 5.92 Å². The molecule has 0 rings (SSSR count). The number of alkyl halides is 3. The number of carbonyl (C=O) groups is 1. The van der Waals surface area contributed by atoms with Gasteiger partial charge in [0, 0.05) is 0 Å². The van der Waals surface area contributed by atoms with Crippen LogP contribution in [0.1, 0.15) is 13.8 Å². The summed E-state index contributed by atoms with van der Waals surface area (Å²) in [5.74, 6) is -4.59. The van der Waals surface area contributed by atoms with Gasteiger partial charge in [0.05, 0.1) is 13.2 Å². The number of aliphatic hydroxyl groups excluding tert-OH is 1. The maximum atomic E-state index is 12.3. The van der Waals surface area contributed by atoms with Crippen molar-refractivity contribution in [1.82, 2.24) is 0 Å². The van der Waals surface area contributed by atoms with Crippen molar-refractivity contribution in [3.8, 4) is 0 Å². The minimum atomic E-state index is -4.78. The fourth-order valence-electron chi connectivity index (χ4n) is 0.979. The van der Waals surface area contributed by atoms with Crippen LogP contribution >= 0.6 is 0 Å². The molecule has 1 N–H and O–H groups in total. The summed E-state index contributed by atoms with van der Waals surface area (Å²) in [5, 5.41) is 9.20. The molecule has 0 heterocycles. The number of halogens is 3. The maximum absolute atomic E-state index is 12.3. The summed E-state index contributed by atoms with van der Waals surface area (Å²) in [6.45, 7) is 2.79. The van der Waals surface area contributed by atoms with Gasteiger partial charge < -0.3 is 9.84 Å². The van der Waals surface area contributed by atoms with Crippen LogP contribution in [0.5, 0.6) is 0 Å². The molecule has 0 aromatic rings. The molecule has 2 atom stereocenters. The Morgan fingerprint density at radius 3 is 2.00 bits per heavy atom. The van der Waals surface area contributed by atoms with E-state index in [1.807, 2.05) is 0 Å². The van der Waals surface area contributed by atoms with Gasteiger partial charge in [-0.05, 0) is 5.92 Å². The van der Waals surface area contributed by atoms with Gasteiger partial charge in [-0.25, -0.2) is 0 Å². The standard InChI is InChI=1S/C8H13F3O3/c1-4(2)6(12)5(7(13)14-3)8(9,10)11/h4-6,12H,1-3H3/t5-,6+/m1/s1. The molecule has 0 unspecified atom stereocenters. The number of carbonyl (C=O) groups excluding carboxylic acids is 1. The predicted molar refractivity (Wildman–Crippen MR) is 42.4 cm³/mol. The highest BCUT2D eigenvalue weighted by atomic mass is 19.4. The summed E-state index contributed by atoms with van der Waals surface area (Å²) in [5.41, 5.74) is 0. The number of methoxy groups -OCH3 is 1. The molecule has 0 fully saturated rings. The molecule has 0 bridgehead atoms. The summed E-state index contributed by atoms with van der Waals surface area (Å²) in [6, 6.07) is 0. The third-order valence-electron chi connectivity index (χ3n) is 1.83. The van der Waals surface area contributed by atoms with Crippen molar-refractivity contribution in [1.29, 1.82) is 0 Å². The fourth-order valence-corrected chi connectivity index (χ4v) is 0.979. The summed E-state index contributed by atoms with van der Waals surface area (Å²) < 4.78 is 40.9. The zero-order chi connectivity index (χ0) is 11.5. The Hall–Kier alpha value is -0.780. The van der Waals surface area contributed by atoms with E-state index in [2.05, 4.69) is 4.74 Å². The second kappa shape index (κ2) is 4.63. The van der Waals surface area contributed by atoms with Crippen LogP contribution in [0.3, 0.4) is 0 Å². The van der Waals surface area contributed by atoms with Crippen molar-refractivity contribution in [3.63, 3.8) is 0 Å². The van der Waals surface area contributed by atoms with Crippen LogP contribution in [-0.2, 0) is 9.53 Å². The van der Waals surface area contributed by atoms with E-state index < -0.39 is 30.1 Å². The molecule has 0 saturated carbocycles. The number of esters is 1. The molecule has 0 saturated heterocycles. The van der Waals surface area contributed by atoms with Crippen LogP contribution < -0.4 is 0 Å². The summed E-state index contributed by atoms with van der Waals surface area (Å²) in [6.07, 6.45) is -6.56. The maximum Gasteiger partial charge on any atom is 0.404 e. The molecule has 0 amide bonds. The molecule has 0 aliphatic carbocycles. The van der Waals surface area contributed by atoms with E-state index in [4.69, 9.17) is 0 Å². The van der Waals surface area contributed by atoms with Crippen LogP contribution in [-0.4, -0.2) is 30.5 Å². The average Bonchev–Trinajstić information content (AvgIpc) is 2.01. The highest BCUT2D eigenvalue weighted by Crippen LogP contribution is 2.32. The Bertz CT molecular complexity index is 200. The lowest BCUT2D eigenvalue weighted by atomic mass is 9.93. The molecule has 3 nitrogen and oxygen atoms in total. The third kappa shape index (κ3) is 3.17. The van der Waals surface area contributed by atoms with Gasteiger partial charge in [-0.15, -0.1) is 0 Å². The largest absolute Gasteiger partial charge is 0.468 e. The van der Waals surface area contributed by atoms with Crippen molar-refractivity contribution in [2.75, 3.05) is 7.11 Å². The molecule has 0 radical (unpaired) electrons. The quantitative estimate of drug-likeness (QED) is 0.721. The number of aliphatic hydroxyl groups is 1. The second-order valence-corrected chi connectivity index (χ2v) is 3.28. The molecule has 0 aromatic heterocycles. The lowest BCUT2D eigenvalue weighted by Gasteiger charge is -2.25. The first-order valence-electron chi connectivity index (χ1n) is 4.04. The van der Waals surface area contributed by atoms with Crippen LogP contribution in [0, 0.1) is 11.8 Å². The van der Waals surface area contributed by atoms with E-state index in [1.54, 1.807) is 0 Å². The first kappa shape index (κ1) is 13.2. The lowest BCUT2D eigenvalue weighted by molar-refractivity contribution is -0.217. The second-order valence-electron chi connectivity index (χ2n) is 3.28. The Kier molecular flexibility index (Phi) is 4.38. The smallest absolute Gasteiger partial charge is 0.404 e. The van der Waals surface area contributed by atoms with Gasteiger partial charge in [0.2, 0.25) is 0 Å². The van der Waals surface area contributed by atoms with Gasteiger partial charge in [-0.1, -0.05) is 13.8 Å². The third-order valence-corrected chi connectivity index (χ3v) is 1.83. The molecule has 0 aliphatic heterocycles. The lowest BCUT2D eigenvalue weighted by Crippen LogP contribution is -2.43. The zero-order valence-corrected chi connectivity index (χ0v) is 8.13. The highest BCUT2D eigenvalue weighted by molar-refractivity contribution is 5.73. The van der Waals surface area contributed by atoms with Gasteiger partial charge in [0.1, 0.15) is 0 Å². The van der Waals surface area contributed by atoms with E-state index in [1.165, 1.54) is 13.8 Å². The van der Waals surface area contributed by atoms with Crippen molar-refractivity contribution in [3.05, 3.63) is 0 Å². The highest BCUT2D eigenvalue weighted by Gasteiger charge is 2.50. The summed E-state index contributed by atoms with van der Waals surface area (Å²) >= 11 is 0. The Balaban J connectivity index is 4.82.